The van der Waals surface area contributed by atoms with E-state index in [1.54, 1.807) is 17.0 Å². The van der Waals surface area contributed by atoms with Crippen LogP contribution >= 0.6 is 11.6 Å². The van der Waals surface area contributed by atoms with Gasteiger partial charge < -0.3 is 14.2 Å². The lowest BCUT2D eigenvalue weighted by Gasteiger charge is -2.31. The van der Waals surface area contributed by atoms with Gasteiger partial charge in [-0.1, -0.05) is 29.8 Å². The molecule has 0 spiro atoms. The Bertz CT molecular complexity index is 1140. The first-order chi connectivity index (χ1) is 14.8. The molecule has 3 heterocycles. The van der Waals surface area contributed by atoms with E-state index in [4.69, 9.17) is 16.3 Å². The van der Waals surface area contributed by atoms with E-state index >= 15 is 0 Å². The molecule has 0 saturated carbocycles. The number of rotatable bonds is 5. The minimum Gasteiger partial charge on any atom is -0.382 e. The molecule has 3 aromatic rings. The second-order valence-corrected chi connectivity index (χ2v) is 7.55. The molecule has 4 rings (SSSR count). The standard InChI is InChI=1S/C20H19ClF3N5O2/c1-31-10-17(12-4-2-3-5-13(12)20(22,23)24)29-11-25-14-9-28(7-6-15(14)29)16-8-26-27-19(30)18(16)21/h2-5,8,11,17H,6-7,9-10H2,1H3,(H,27,30). The van der Waals surface area contributed by atoms with Gasteiger partial charge in [-0.05, 0) is 11.6 Å². The summed E-state index contributed by atoms with van der Waals surface area (Å²) in [5.41, 5.74) is 0.956. The number of ether oxygens (including phenoxy) is 1. The number of halogens is 4. The van der Waals surface area contributed by atoms with Crippen molar-refractivity contribution in [3.63, 3.8) is 0 Å². The molecule has 31 heavy (non-hydrogen) atoms. The lowest BCUT2D eigenvalue weighted by Crippen LogP contribution is -2.33. The maximum atomic E-state index is 13.6. The Kier molecular flexibility index (Phi) is 5.76. The van der Waals surface area contributed by atoms with E-state index in [0.29, 0.717) is 30.9 Å². The predicted octanol–water partition coefficient (Wildman–Crippen LogP) is 3.44. The molecule has 7 nitrogen and oxygen atoms in total. The van der Waals surface area contributed by atoms with Crippen LogP contribution < -0.4 is 10.5 Å². The number of aromatic amines is 1. The van der Waals surface area contributed by atoms with Gasteiger partial charge in [0.05, 0.1) is 48.7 Å². The number of imidazole rings is 1. The van der Waals surface area contributed by atoms with Crippen molar-refractivity contribution in [1.82, 2.24) is 19.7 Å². The van der Waals surface area contributed by atoms with Gasteiger partial charge in [0.25, 0.3) is 5.56 Å². The smallest absolute Gasteiger partial charge is 0.382 e. The van der Waals surface area contributed by atoms with Gasteiger partial charge >= 0.3 is 6.18 Å². The first kappa shape index (κ1) is 21.4. The molecule has 0 fully saturated rings. The third kappa shape index (κ3) is 4.05. The second-order valence-electron chi connectivity index (χ2n) is 7.17. The first-order valence-corrected chi connectivity index (χ1v) is 9.86. The number of H-pyrrole nitrogens is 1. The van der Waals surface area contributed by atoms with Gasteiger partial charge in [0.15, 0.2) is 0 Å². The quantitative estimate of drug-likeness (QED) is 0.640. The van der Waals surface area contributed by atoms with Crippen LogP contribution in [-0.2, 0) is 23.9 Å². The molecule has 1 aromatic carbocycles. The number of aromatic nitrogens is 4. The van der Waals surface area contributed by atoms with Gasteiger partial charge in [0.1, 0.15) is 5.02 Å². The topological polar surface area (TPSA) is 76.0 Å². The third-order valence-electron chi connectivity index (χ3n) is 5.35. The molecule has 1 N–H and O–H groups in total. The molecule has 0 bridgehead atoms. The van der Waals surface area contributed by atoms with Crippen LogP contribution in [-0.4, -0.2) is 40.0 Å². The number of nitrogens with zero attached hydrogens (tertiary/aromatic N) is 4. The van der Waals surface area contributed by atoms with Crippen LogP contribution in [0.3, 0.4) is 0 Å². The molecule has 1 aliphatic heterocycles. The van der Waals surface area contributed by atoms with E-state index in [2.05, 4.69) is 15.2 Å². The Morgan fingerprint density at radius 3 is 2.84 bits per heavy atom. The summed E-state index contributed by atoms with van der Waals surface area (Å²) in [6.07, 6.45) is -0.960. The number of hydrogen-bond acceptors (Lipinski definition) is 5. The number of hydrogen-bond donors (Lipinski definition) is 1. The zero-order valence-electron chi connectivity index (χ0n) is 16.5. The van der Waals surface area contributed by atoms with E-state index in [0.717, 1.165) is 11.8 Å². The number of alkyl halides is 3. The van der Waals surface area contributed by atoms with E-state index in [-0.39, 0.29) is 17.2 Å². The predicted molar refractivity (Wildman–Crippen MR) is 108 cm³/mol. The highest BCUT2D eigenvalue weighted by Gasteiger charge is 2.36. The molecule has 0 aliphatic carbocycles. The summed E-state index contributed by atoms with van der Waals surface area (Å²) in [5.74, 6) is 0. The van der Waals surface area contributed by atoms with Crippen molar-refractivity contribution in [2.75, 3.05) is 25.2 Å². The highest BCUT2D eigenvalue weighted by Crippen LogP contribution is 2.37. The number of benzene rings is 1. The lowest BCUT2D eigenvalue weighted by atomic mass is 9.99. The van der Waals surface area contributed by atoms with E-state index in [1.807, 2.05) is 4.90 Å². The SMILES string of the molecule is COCC(c1ccccc1C(F)(F)F)n1cnc2c1CCN(c1cn[nH]c(=O)c1Cl)C2. The van der Waals surface area contributed by atoms with E-state index in [9.17, 15) is 18.0 Å². The van der Waals surface area contributed by atoms with Gasteiger partial charge in [0.2, 0.25) is 0 Å². The molecule has 1 atom stereocenters. The molecular weight excluding hydrogens is 435 g/mol. The zero-order chi connectivity index (χ0) is 22.2. The molecule has 0 saturated heterocycles. The average Bonchev–Trinajstić information content (AvgIpc) is 3.16. The zero-order valence-corrected chi connectivity index (χ0v) is 17.2. The van der Waals surface area contributed by atoms with Crippen molar-refractivity contribution in [1.29, 1.82) is 0 Å². The maximum absolute atomic E-state index is 13.6. The maximum Gasteiger partial charge on any atom is 0.416 e. The number of fused-ring (bicyclic) bond motifs is 1. The largest absolute Gasteiger partial charge is 0.416 e. The van der Waals surface area contributed by atoms with Crippen LogP contribution in [0.2, 0.25) is 5.02 Å². The average molecular weight is 454 g/mol. The fourth-order valence-electron chi connectivity index (χ4n) is 3.92. The van der Waals surface area contributed by atoms with Crippen LogP contribution in [0.4, 0.5) is 18.9 Å². The van der Waals surface area contributed by atoms with Crippen molar-refractivity contribution >= 4 is 17.3 Å². The lowest BCUT2D eigenvalue weighted by molar-refractivity contribution is -0.138. The summed E-state index contributed by atoms with van der Waals surface area (Å²) in [6, 6.07) is 4.81. The molecule has 2 aromatic heterocycles. The summed E-state index contributed by atoms with van der Waals surface area (Å²) in [7, 11) is 1.45. The van der Waals surface area contributed by atoms with Crippen molar-refractivity contribution in [2.45, 2.75) is 25.2 Å². The van der Waals surface area contributed by atoms with Crippen molar-refractivity contribution in [2.24, 2.45) is 0 Å². The van der Waals surface area contributed by atoms with Crippen molar-refractivity contribution in [3.8, 4) is 0 Å². The van der Waals surface area contributed by atoms with Crippen LogP contribution in [0.1, 0.15) is 28.6 Å². The summed E-state index contributed by atoms with van der Waals surface area (Å²) in [5, 5.41) is 6.11. The Balaban J connectivity index is 1.71. The highest BCUT2D eigenvalue weighted by atomic mass is 35.5. The fourth-order valence-corrected chi connectivity index (χ4v) is 4.13. The second kappa shape index (κ2) is 8.35. The van der Waals surface area contributed by atoms with Gasteiger partial charge in [-0.3, -0.25) is 4.79 Å². The normalized spacial score (nSPS) is 15.1. The number of nitrogens with one attached hydrogen (secondary N) is 1. The summed E-state index contributed by atoms with van der Waals surface area (Å²) >= 11 is 6.12. The van der Waals surface area contributed by atoms with Gasteiger partial charge in [-0.25, -0.2) is 10.1 Å². The van der Waals surface area contributed by atoms with Gasteiger partial charge in [0, 0.05) is 25.8 Å². The van der Waals surface area contributed by atoms with E-state index < -0.39 is 23.3 Å². The van der Waals surface area contributed by atoms with Gasteiger partial charge in [-0.2, -0.15) is 18.3 Å². The Hall–Kier alpha value is -2.85. The minimum atomic E-state index is -4.48. The third-order valence-corrected chi connectivity index (χ3v) is 5.71. The van der Waals surface area contributed by atoms with Crippen molar-refractivity contribution < 1.29 is 17.9 Å². The summed E-state index contributed by atoms with van der Waals surface area (Å²) in [4.78, 5) is 18.1. The van der Waals surface area contributed by atoms with Crippen LogP contribution in [0.5, 0.6) is 0 Å². The summed E-state index contributed by atoms with van der Waals surface area (Å²) in [6.45, 7) is 0.918. The number of methoxy groups -OCH3 is 1. The monoisotopic (exact) mass is 453 g/mol. The molecule has 0 amide bonds. The molecule has 164 valence electrons. The molecule has 1 aliphatic rings. The minimum absolute atomic E-state index is 0.0363. The molecular formula is C20H19ClF3N5O2. The van der Waals surface area contributed by atoms with Crippen LogP contribution in [0.15, 0.2) is 41.6 Å². The Morgan fingerprint density at radius 1 is 1.32 bits per heavy atom. The van der Waals surface area contributed by atoms with Crippen molar-refractivity contribution in [3.05, 3.63) is 74.7 Å². The van der Waals surface area contributed by atoms with Gasteiger partial charge in [-0.15, -0.1) is 0 Å². The van der Waals surface area contributed by atoms with Crippen LogP contribution in [0, 0.1) is 0 Å². The number of anilines is 1. The molecule has 11 heteroatoms. The van der Waals surface area contributed by atoms with E-state index in [1.165, 1.54) is 25.4 Å². The molecule has 0 radical (unpaired) electrons. The Morgan fingerprint density at radius 2 is 2.10 bits per heavy atom. The Labute approximate surface area is 180 Å². The first-order valence-electron chi connectivity index (χ1n) is 9.49. The molecule has 1 unspecified atom stereocenters. The van der Waals surface area contributed by atoms with Crippen LogP contribution in [0.25, 0.3) is 0 Å². The summed E-state index contributed by atoms with van der Waals surface area (Å²) < 4.78 is 47.9. The highest BCUT2D eigenvalue weighted by molar-refractivity contribution is 6.32. The fraction of sp³-hybridized carbons (Fsp3) is 0.350.